The molecular formula is C20H24N4O2. The zero-order valence-electron chi connectivity index (χ0n) is 15.3. The van der Waals surface area contributed by atoms with Gasteiger partial charge in [-0.15, -0.1) is 0 Å². The van der Waals surface area contributed by atoms with Gasteiger partial charge in [0.25, 0.3) is 0 Å². The average molecular weight is 352 g/mol. The molecule has 0 bridgehead atoms. The molecule has 6 nitrogen and oxygen atoms in total. The molecule has 0 atom stereocenters. The summed E-state index contributed by atoms with van der Waals surface area (Å²) >= 11 is 0. The van der Waals surface area contributed by atoms with Gasteiger partial charge >= 0.3 is 0 Å². The van der Waals surface area contributed by atoms with Crippen molar-refractivity contribution < 1.29 is 9.59 Å². The van der Waals surface area contributed by atoms with Crippen molar-refractivity contribution in [1.29, 1.82) is 0 Å². The predicted molar refractivity (Wildman–Crippen MR) is 100 cm³/mol. The lowest BCUT2D eigenvalue weighted by molar-refractivity contribution is -0.131. The summed E-state index contributed by atoms with van der Waals surface area (Å²) in [6.07, 6.45) is 5.58. The van der Waals surface area contributed by atoms with E-state index in [-0.39, 0.29) is 24.5 Å². The van der Waals surface area contributed by atoms with Gasteiger partial charge in [-0.05, 0) is 25.5 Å². The van der Waals surface area contributed by atoms with Crippen molar-refractivity contribution in [3.8, 4) is 0 Å². The molecule has 26 heavy (non-hydrogen) atoms. The monoisotopic (exact) mass is 352 g/mol. The van der Waals surface area contributed by atoms with Gasteiger partial charge in [-0.2, -0.15) is 0 Å². The van der Waals surface area contributed by atoms with E-state index in [0.29, 0.717) is 13.1 Å². The fraction of sp³-hybridized carbons (Fsp3) is 0.400. The highest BCUT2D eigenvalue weighted by molar-refractivity contribution is 5.99. The van der Waals surface area contributed by atoms with E-state index in [1.807, 2.05) is 36.9 Å². The smallest absolute Gasteiger partial charge is 0.223 e. The molecule has 0 unspecified atom stereocenters. The molecule has 1 fully saturated rings. The summed E-state index contributed by atoms with van der Waals surface area (Å²) in [5.41, 5.74) is 2.75. The van der Waals surface area contributed by atoms with E-state index in [1.54, 1.807) is 18.6 Å². The minimum atomic E-state index is 0.0396. The second-order valence-corrected chi connectivity index (χ2v) is 6.67. The summed E-state index contributed by atoms with van der Waals surface area (Å²) in [4.78, 5) is 37.2. The van der Waals surface area contributed by atoms with Crippen LogP contribution in [0.5, 0.6) is 0 Å². The highest BCUT2D eigenvalue weighted by Crippen LogP contribution is 2.16. The van der Waals surface area contributed by atoms with Gasteiger partial charge in [0.1, 0.15) is 5.82 Å². The van der Waals surface area contributed by atoms with Crippen molar-refractivity contribution in [3.63, 3.8) is 0 Å². The molecular weight excluding hydrogens is 328 g/mol. The van der Waals surface area contributed by atoms with Crippen molar-refractivity contribution >= 4 is 17.5 Å². The molecule has 136 valence electrons. The summed E-state index contributed by atoms with van der Waals surface area (Å²) in [5.74, 6) is 0.921. The SMILES string of the molecule is Cc1ccc(C)c(C(=O)CCC(=O)N2CCN(c3cnccn3)CC2)c1. The number of carbonyl (C=O) groups excluding carboxylic acids is 2. The van der Waals surface area contributed by atoms with Gasteiger partial charge in [0.2, 0.25) is 5.91 Å². The number of hydrogen-bond donors (Lipinski definition) is 0. The molecule has 6 heteroatoms. The molecule has 0 radical (unpaired) electrons. The molecule has 1 saturated heterocycles. The third-order valence-corrected chi connectivity index (χ3v) is 4.77. The second-order valence-electron chi connectivity index (χ2n) is 6.67. The number of nitrogens with zero attached hydrogens (tertiary/aromatic N) is 4. The van der Waals surface area contributed by atoms with Crippen LogP contribution in [-0.2, 0) is 4.79 Å². The number of rotatable bonds is 5. The quantitative estimate of drug-likeness (QED) is 0.773. The molecule has 2 aromatic rings. The van der Waals surface area contributed by atoms with Gasteiger partial charge in [-0.1, -0.05) is 17.7 Å². The zero-order chi connectivity index (χ0) is 18.5. The number of aryl methyl sites for hydroxylation is 2. The van der Waals surface area contributed by atoms with Crippen LogP contribution in [0.2, 0.25) is 0 Å². The predicted octanol–water partition coefficient (Wildman–Crippen LogP) is 2.41. The van der Waals surface area contributed by atoms with Crippen molar-refractivity contribution in [1.82, 2.24) is 14.9 Å². The summed E-state index contributed by atoms with van der Waals surface area (Å²) < 4.78 is 0. The van der Waals surface area contributed by atoms with Gasteiger partial charge in [0, 0.05) is 57.0 Å². The first-order valence-corrected chi connectivity index (χ1v) is 8.94. The van der Waals surface area contributed by atoms with Crippen molar-refractivity contribution in [2.24, 2.45) is 0 Å². The van der Waals surface area contributed by atoms with Crippen LogP contribution in [0.3, 0.4) is 0 Å². The summed E-state index contributed by atoms with van der Waals surface area (Å²) in [5, 5.41) is 0. The molecule has 0 aliphatic carbocycles. The van der Waals surface area contributed by atoms with Crippen LogP contribution in [0.4, 0.5) is 5.82 Å². The molecule has 1 aliphatic rings. The maximum Gasteiger partial charge on any atom is 0.223 e. The molecule has 0 saturated carbocycles. The topological polar surface area (TPSA) is 66.4 Å². The summed E-state index contributed by atoms with van der Waals surface area (Å²) in [6, 6.07) is 5.85. The molecule has 1 aromatic heterocycles. The molecule has 2 heterocycles. The first-order chi connectivity index (χ1) is 12.5. The van der Waals surface area contributed by atoms with Crippen LogP contribution in [0.25, 0.3) is 0 Å². The Hall–Kier alpha value is -2.76. The van der Waals surface area contributed by atoms with Crippen LogP contribution in [0, 0.1) is 13.8 Å². The molecule has 1 amide bonds. The minimum absolute atomic E-state index is 0.0396. The van der Waals surface area contributed by atoms with Crippen LogP contribution < -0.4 is 4.90 Å². The third kappa shape index (κ3) is 4.25. The third-order valence-electron chi connectivity index (χ3n) is 4.77. The van der Waals surface area contributed by atoms with Crippen molar-refractivity contribution in [2.75, 3.05) is 31.1 Å². The van der Waals surface area contributed by atoms with E-state index >= 15 is 0 Å². The Labute approximate surface area is 153 Å². The summed E-state index contributed by atoms with van der Waals surface area (Å²) in [6.45, 7) is 6.66. The van der Waals surface area contributed by atoms with Gasteiger partial charge in [0.05, 0.1) is 6.20 Å². The van der Waals surface area contributed by atoms with Gasteiger partial charge in [-0.25, -0.2) is 4.98 Å². The van der Waals surface area contributed by atoms with Crippen LogP contribution in [-0.4, -0.2) is 52.7 Å². The van der Waals surface area contributed by atoms with E-state index in [9.17, 15) is 9.59 Å². The number of amides is 1. The van der Waals surface area contributed by atoms with E-state index in [4.69, 9.17) is 0 Å². The van der Waals surface area contributed by atoms with Crippen molar-refractivity contribution in [3.05, 3.63) is 53.5 Å². The van der Waals surface area contributed by atoms with Gasteiger partial charge in [-0.3, -0.25) is 14.6 Å². The Morgan fingerprint density at radius 2 is 1.81 bits per heavy atom. The Balaban J connectivity index is 1.50. The maximum atomic E-state index is 12.5. The minimum Gasteiger partial charge on any atom is -0.352 e. The van der Waals surface area contributed by atoms with Crippen LogP contribution in [0.1, 0.15) is 34.3 Å². The first-order valence-electron chi connectivity index (χ1n) is 8.94. The van der Waals surface area contributed by atoms with Gasteiger partial charge in [0.15, 0.2) is 5.78 Å². The Bertz CT molecular complexity index is 784. The van der Waals surface area contributed by atoms with Crippen LogP contribution >= 0.6 is 0 Å². The second kappa shape index (κ2) is 8.08. The number of aromatic nitrogens is 2. The number of anilines is 1. The molecule has 3 rings (SSSR count). The lowest BCUT2D eigenvalue weighted by atomic mass is 9.99. The Kier molecular flexibility index (Phi) is 5.61. The zero-order valence-corrected chi connectivity index (χ0v) is 15.3. The lowest BCUT2D eigenvalue weighted by Crippen LogP contribution is -2.49. The van der Waals surface area contributed by atoms with E-state index < -0.39 is 0 Å². The number of ketones is 1. The number of hydrogen-bond acceptors (Lipinski definition) is 5. The fourth-order valence-electron chi connectivity index (χ4n) is 3.19. The van der Waals surface area contributed by atoms with E-state index in [2.05, 4.69) is 14.9 Å². The number of piperazine rings is 1. The fourth-order valence-corrected chi connectivity index (χ4v) is 3.19. The van der Waals surface area contributed by atoms with Crippen LogP contribution in [0.15, 0.2) is 36.8 Å². The largest absolute Gasteiger partial charge is 0.352 e. The molecule has 0 N–H and O–H groups in total. The van der Waals surface area contributed by atoms with Gasteiger partial charge < -0.3 is 9.80 Å². The first kappa shape index (κ1) is 18.0. The van der Waals surface area contributed by atoms with E-state index in [1.165, 1.54) is 0 Å². The number of carbonyl (C=O) groups is 2. The Morgan fingerprint density at radius 3 is 2.50 bits per heavy atom. The number of Topliss-reactive ketones (excluding diaryl/α,β-unsaturated/α-hetero) is 1. The normalized spacial score (nSPS) is 14.4. The van der Waals surface area contributed by atoms with E-state index in [0.717, 1.165) is 35.6 Å². The molecule has 1 aromatic carbocycles. The average Bonchev–Trinajstić information content (AvgIpc) is 2.68. The Morgan fingerprint density at radius 1 is 1.04 bits per heavy atom. The molecule has 0 spiro atoms. The summed E-state index contributed by atoms with van der Waals surface area (Å²) in [7, 11) is 0. The highest BCUT2D eigenvalue weighted by Gasteiger charge is 2.22. The van der Waals surface area contributed by atoms with Crippen molar-refractivity contribution in [2.45, 2.75) is 26.7 Å². The molecule has 1 aliphatic heterocycles. The standard InChI is InChI=1S/C20H24N4O2/c1-15-3-4-16(2)17(13-15)18(25)5-6-20(26)24-11-9-23(10-12-24)19-14-21-7-8-22-19/h3-4,7-8,13-14H,5-6,9-12H2,1-2H3. The number of benzene rings is 1. The highest BCUT2D eigenvalue weighted by atomic mass is 16.2. The maximum absolute atomic E-state index is 12.5. The lowest BCUT2D eigenvalue weighted by Gasteiger charge is -2.35.